The van der Waals surface area contributed by atoms with Gasteiger partial charge in [0.15, 0.2) is 0 Å². The number of anilines is 1. The number of rotatable bonds is 4. The molecule has 130 valence electrons. The Morgan fingerprint density at radius 3 is 2.42 bits per heavy atom. The molecule has 1 aliphatic heterocycles. The average Bonchev–Trinajstić information content (AvgIpc) is 3.08. The molecule has 1 fully saturated rings. The molecular weight excluding hydrogens is 308 g/mol. The van der Waals surface area contributed by atoms with E-state index in [4.69, 9.17) is 0 Å². The van der Waals surface area contributed by atoms with Crippen LogP contribution in [-0.2, 0) is 4.79 Å². The van der Waals surface area contributed by atoms with Crippen LogP contribution in [0, 0.1) is 6.92 Å². The second-order valence-electron chi connectivity index (χ2n) is 6.12. The minimum absolute atomic E-state index is 0.0307. The molecule has 24 heavy (non-hydrogen) atoms. The predicted octanol–water partition coefficient (Wildman–Crippen LogP) is 1.44. The molecule has 7 nitrogen and oxygen atoms in total. The Bertz CT molecular complexity index is 637. The van der Waals surface area contributed by atoms with Crippen LogP contribution in [0.5, 0.6) is 0 Å². The number of likely N-dealkylation sites (N-methyl/N-ethyl adjacent to an activating group) is 1. The zero-order valence-electron chi connectivity index (χ0n) is 14.4. The molecule has 2 rings (SSSR count). The Labute approximate surface area is 142 Å². The van der Waals surface area contributed by atoms with Gasteiger partial charge >= 0.3 is 6.03 Å². The van der Waals surface area contributed by atoms with Gasteiger partial charge in [0.05, 0.1) is 6.54 Å². The SMILES string of the molecule is Cc1cc(C(=O)N2CCCC2)ccc1NC(=O)NCC(=O)N(C)C. The van der Waals surface area contributed by atoms with Gasteiger partial charge in [-0.1, -0.05) is 0 Å². The van der Waals surface area contributed by atoms with Crippen molar-refractivity contribution in [2.45, 2.75) is 19.8 Å². The third-order valence-corrected chi connectivity index (χ3v) is 4.01. The van der Waals surface area contributed by atoms with Crippen LogP contribution in [0.3, 0.4) is 0 Å². The molecule has 4 amide bonds. The quantitative estimate of drug-likeness (QED) is 0.875. The van der Waals surface area contributed by atoms with Gasteiger partial charge in [-0.2, -0.15) is 0 Å². The minimum Gasteiger partial charge on any atom is -0.347 e. The number of carbonyl (C=O) groups excluding carboxylic acids is 3. The largest absolute Gasteiger partial charge is 0.347 e. The summed E-state index contributed by atoms with van der Waals surface area (Å²) in [5.41, 5.74) is 2.04. The van der Waals surface area contributed by atoms with Crippen LogP contribution in [-0.4, -0.2) is 61.4 Å². The zero-order valence-corrected chi connectivity index (χ0v) is 14.4. The van der Waals surface area contributed by atoms with Crippen molar-refractivity contribution in [3.05, 3.63) is 29.3 Å². The fraction of sp³-hybridized carbons (Fsp3) is 0.471. The Hall–Kier alpha value is -2.57. The number of nitrogens with zero attached hydrogens (tertiary/aromatic N) is 2. The molecule has 0 radical (unpaired) electrons. The number of carbonyl (C=O) groups is 3. The van der Waals surface area contributed by atoms with Crippen LogP contribution in [0.15, 0.2) is 18.2 Å². The van der Waals surface area contributed by atoms with Crippen molar-refractivity contribution in [1.29, 1.82) is 0 Å². The van der Waals surface area contributed by atoms with E-state index in [1.807, 2.05) is 11.8 Å². The second kappa shape index (κ2) is 7.81. The Morgan fingerprint density at radius 1 is 1.17 bits per heavy atom. The highest BCUT2D eigenvalue weighted by Gasteiger charge is 2.20. The van der Waals surface area contributed by atoms with Gasteiger partial charge in [0.2, 0.25) is 5.91 Å². The van der Waals surface area contributed by atoms with Crippen molar-refractivity contribution in [2.24, 2.45) is 0 Å². The highest BCUT2D eigenvalue weighted by atomic mass is 16.2. The molecule has 0 saturated carbocycles. The van der Waals surface area contributed by atoms with E-state index in [1.54, 1.807) is 32.3 Å². The number of amides is 4. The van der Waals surface area contributed by atoms with Crippen molar-refractivity contribution in [3.63, 3.8) is 0 Å². The first kappa shape index (κ1) is 17.8. The van der Waals surface area contributed by atoms with Gasteiger partial charge in [-0.15, -0.1) is 0 Å². The van der Waals surface area contributed by atoms with Crippen LogP contribution < -0.4 is 10.6 Å². The van der Waals surface area contributed by atoms with E-state index in [-0.39, 0.29) is 18.4 Å². The van der Waals surface area contributed by atoms with Gasteiger partial charge in [0, 0.05) is 38.4 Å². The Morgan fingerprint density at radius 2 is 1.83 bits per heavy atom. The topological polar surface area (TPSA) is 81.8 Å². The van der Waals surface area contributed by atoms with E-state index in [1.165, 1.54) is 4.90 Å². The normalized spacial score (nSPS) is 13.5. The van der Waals surface area contributed by atoms with E-state index >= 15 is 0 Å². The molecule has 1 aliphatic rings. The fourth-order valence-electron chi connectivity index (χ4n) is 2.52. The molecule has 0 bridgehead atoms. The van der Waals surface area contributed by atoms with E-state index in [0.29, 0.717) is 11.3 Å². The van der Waals surface area contributed by atoms with Crippen LogP contribution in [0.25, 0.3) is 0 Å². The number of nitrogens with one attached hydrogen (secondary N) is 2. The van der Waals surface area contributed by atoms with E-state index in [0.717, 1.165) is 31.5 Å². The molecule has 1 heterocycles. The smallest absolute Gasteiger partial charge is 0.319 e. The summed E-state index contributed by atoms with van der Waals surface area (Å²) in [5.74, 6) is -0.156. The lowest BCUT2D eigenvalue weighted by molar-refractivity contribution is -0.127. The lowest BCUT2D eigenvalue weighted by Gasteiger charge is -2.17. The number of aryl methyl sites for hydroxylation is 1. The Kier molecular flexibility index (Phi) is 5.78. The molecule has 7 heteroatoms. The summed E-state index contributed by atoms with van der Waals surface area (Å²) in [4.78, 5) is 38.9. The van der Waals surface area contributed by atoms with Crippen LogP contribution in [0.1, 0.15) is 28.8 Å². The van der Waals surface area contributed by atoms with Gasteiger partial charge in [-0.05, 0) is 43.5 Å². The molecule has 0 atom stereocenters. The van der Waals surface area contributed by atoms with Crippen molar-refractivity contribution in [2.75, 3.05) is 39.0 Å². The summed E-state index contributed by atoms with van der Waals surface area (Å²) >= 11 is 0. The lowest BCUT2D eigenvalue weighted by atomic mass is 10.1. The standard InChI is InChI=1S/C17H24N4O3/c1-12-10-13(16(23)21-8-4-5-9-21)6-7-14(12)19-17(24)18-11-15(22)20(2)3/h6-7,10H,4-5,8-9,11H2,1-3H3,(H2,18,19,24). The van der Waals surface area contributed by atoms with Crippen molar-refractivity contribution >= 4 is 23.5 Å². The predicted molar refractivity (Wildman–Crippen MR) is 92.0 cm³/mol. The second-order valence-corrected chi connectivity index (χ2v) is 6.12. The lowest BCUT2D eigenvalue weighted by Crippen LogP contribution is -2.38. The van der Waals surface area contributed by atoms with Gasteiger partial charge < -0.3 is 20.4 Å². The summed E-state index contributed by atoms with van der Waals surface area (Å²) in [6.45, 7) is 3.38. The maximum Gasteiger partial charge on any atom is 0.319 e. The van der Waals surface area contributed by atoms with E-state index < -0.39 is 6.03 Å². The minimum atomic E-state index is -0.452. The first-order valence-electron chi connectivity index (χ1n) is 8.03. The molecule has 2 N–H and O–H groups in total. The molecular formula is C17H24N4O3. The number of hydrogen-bond donors (Lipinski definition) is 2. The molecule has 0 spiro atoms. The van der Waals surface area contributed by atoms with Gasteiger partial charge in [-0.3, -0.25) is 9.59 Å². The number of benzene rings is 1. The summed E-state index contributed by atoms with van der Waals surface area (Å²) < 4.78 is 0. The maximum atomic E-state index is 12.4. The molecule has 0 aliphatic carbocycles. The van der Waals surface area contributed by atoms with Gasteiger partial charge in [-0.25, -0.2) is 4.79 Å². The fourth-order valence-corrected chi connectivity index (χ4v) is 2.52. The summed E-state index contributed by atoms with van der Waals surface area (Å²) in [6, 6.07) is 4.76. The molecule has 0 unspecified atom stereocenters. The summed E-state index contributed by atoms with van der Waals surface area (Å²) in [7, 11) is 3.25. The number of likely N-dealkylation sites (tertiary alicyclic amines) is 1. The first-order valence-corrected chi connectivity index (χ1v) is 8.03. The van der Waals surface area contributed by atoms with Crippen LogP contribution >= 0.6 is 0 Å². The zero-order chi connectivity index (χ0) is 17.7. The highest BCUT2D eigenvalue weighted by molar-refractivity contribution is 5.97. The molecule has 1 aromatic carbocycles. The third kappa shape index (κ3) is 4.47. The van der Waals surface area contributed by atoms with Gasteiger partial charge in [0.25, 0.3) is 5.91 Å². The molecule has 1 aromatic rings. The van der Waals surface area contributed by atoms with E-state index in [9.17, 15) is 14.4 Å². The monoisotopic (exact) mass is 332 g/mol. The third-order valence-electron chi connectivity index (χ3n) is 4.01. The number of hydrogen-bond acceptors (Lipinski definition) is 3. The van der Waals surface area contributed by atoms with Crippen molar-refractivity contribution in [1.82, 2.24) is 15.1 Å². The first-order chi connectivity index (χ1) is 11.4. The van der Waals surface area contributed by atoms with Crippen LogP contribution in [0.4, 0.5) is 10.5 Å². The van der Waals surface area contributed by atoms with Crippen molar-refractivity contribution in [3.8, 4) is 0 Å². The Balaban J connectivity index is 1.95. The van der Waals surface area contributed by atoms with Gasteiger partial charge in [0.1, 0.15) is 0 Å². The maximum absolute atomic E-state index is 12.4. The van der Waals surface area contributed by atoms with Crippen LogP contribution in [0.2, 0.25) is 0 Å². The van der Waals surface area contributed by atoms with Crippen molar-refractivity contribution < 1.29 is 14.4 Å². The summed E-state index contributed by atoms with van der Waals surface area (Å²) in [6.07, 6.45) is 2.10. The molecule has 1 saturated heterocycles. The number of urea groups is 1. The average molecular weight is 332 g/mol. The van der Waals surface area contributed by atoms with E-state index in [2.05, 4.69) is 10.6 Å². The summed E-state index contributed by atoms with van der Waals surface area (Å²) in [5, 5.41) is 5.20. The highest BCUT2D eigenvalue weighted by Crippen LogP contribution is 2.19. The molecule has 0 aromatic heterocycles.